The maximum absolute atomic E-state index is 13.3. The number of carbonyl (C=O) groups excluding carboxylic acids is 1. The molecule has 1 aliphatic rings. The predicted octanol–water partition coefficient (Wildman–Crippen LogP) is 2.85. The van der Waals surface area contributed by atoms with Crippen molar-refractivity contribution < 1.29 is 23.4 Å². The molecule has 2 aromatic carbocycles. The molecule has 1 saturated heterocycles. The molecule has 25 heavy (non-hydrogen) atoms. The van der Waals surface area contributed by atoms with E-state index in [9.17, 15) is 18.7 Å². The normalized spacial score (nSPS) is 19.9. The van der Waals surface area contributed by atoms with Gasteiger partial charge in [-0.1, -0.05) is 18.2 Å². The topological polar surface area (TPSA) is 49.8 Å². The molecule has 0 saturated carbocycles. The van der Waals surface area contributed by atoms with Gasteiger partial charge in [0.1, 0.15) is 5.75 Å². The van der Waals surface area contributed by atoms with Crippen molar-refractivity contribution in [2.75, 3.05) is 13.7 Å². The molecule has 4 nitrogen and oxygen atoms in total. The van der Waals surface area contributed by atoms with Gasteiger partial charge in [0.25, 0.3) is 0 Å². The molecule has 1 heterocycles. The van der Waals surface area contributed by atoms with E-state index >= 15 is 0 Å². The fraction of sp³-hybridized carbons (Fsp3) is 0.316. The molecule has 0 radical (unpaired) electrons. The quantitative estimate of drug-likeness (QED) is 0.925. The Labute approximate surface area is 144 Å². The highest BCUT2D eigenvalue weighted by Crippen LogP contribution is 2.34. The number of hydrogen-bond donors (Lipinski definition) is 1. The van der Waals surface area contributed by atoms with Crippen LogP contribution in [0, 0.1) is 11.6 Å². The number of methoxy groups -OCH3 is 1. The van der Waals surface area contributed by atoms with E-state index in [0.29, 0.717) is 17.7 Å². The summed E-state index contributed by atoms with van der Waals surface area (Å²) in [6.45, 7) is 0.213. The number of carbonyl (C=O) groups is 1. The van der Waals surface area contributed by atoms with Crippen LogP contribution in [-0.4, -0.2) is 35.7 Å². The van der Waals surface area contributed by atoms with Crippen LogP contribution in [0.2, 0.25) is 0 Å². The first-order valence-electron chi connectivity index (χ1n) is 8.03. The molecule has 1 aliphatic heterocycles. The van der Waals surface area contributed by atoms with E-state index < -0.39 is 17.7 Å². The lowest BCUT2D eigenvalue weighted by molar-refractivity contribution is -0.131. The maximum Gasteiger partial charge on any atom is 0.227 e. The molecular weight excluding hydrogens is 328 g/mol. The smallest absolute Gasteiger partial charge is 0.227 e. The summed E-state index contributed by atoms with van der Waals surface area (Å²) in [4.78, 5) is 14.2. The molecule has 3 rings (SSSR count). The van der Waals surface area contributed by atoms with Crippen LogP contribution < -0.4 is 4.74 Å². The molecule has 0 spiro atoms. The highest BCUT2D eigenvalue weighted by Gasteiger charge is 2.35. The summed E-state index contributed by atoms with van der Waals surface area (Å²) >= 11 is 0. The van der Waals surface area contributed by atoms with Crippen LogP contribution in [0.1, 0.15) is 23.6 Å². The zero-order chi connectivity index (χ0) is 18.0. The highest BCUT2D eigenvalue weighted by molar-refractivity contribution is 5.79. The van der Waals surface area contributed by atoms with E-state index in [-0.39, 0.29) is 24.9 Å². The zero-order valence-electron chi connectivity index (χ0n) is 13.8. The fourth-order valence-electron chi connectivity index (χ4n) is 3.18. The number of nitrogens with zero attached hydrogens (tertiary/aromatic N) is 1. The van der Waals surface area contributed by atoms with E-state index in [4.69, 9.17) is 4.74 Å². The Morgan fingerprint density at radius 2 is 2.04 bits per heavy atom. The Kier molecular flexibility index (Phi) is 4.99. The van der Waals surface area contributed by atoms with Crippen LogP contribution in [0.25, 0.3) is 0 Å². The average molecular weight is 347 g/mol. The molecule has 2 atom stereocenters. The monoisotopic (exact) mass is 347 g/mol. The molecular formula is C19H19F2NO3. The second-order valence-corrected chi connectivity index (χ2v) is 6.15. The van der Waals surface area contributed by atoms with Gasteiger partial charge < -0.3 is 14.7 Å². The summed E-state index contributed by atoms with van der Waals surface area (Å²) in [6.07, 6.45) is -0.244. The summed E-state index contributed by atoms with van der Waals surface area (Å²) < 4.78 is 31.6. The first-order chi connectivity index (χ1) is 12.0. The molecule has 0 unspecified atom stereocenters. The highest BCUT2D eigenvalue weighted by atomic mass is 19.2. The lowest BCUT2D eigenvalue weighted by Gasteiger charge is -2.25. The molecule has 0 bridgehead atoms. The number of ether oxygens (including phenoxy) is 1. The number of halogens is 2. The summed E-state index contributed by atoms with van der Waals surface area (Å²) in [5.41, 5.74) is 1.27. The molecule has 132 valence electrons. The van der Waals surface area contributed by atoms with Gasteiger partial charge in [0.15, 0.2) is 11.6 Å². The van der Waals surface area contributed by atoms with Gasteiger partial charge in [0.2, 0.25) is 5.91 Å². The number of aliphatic hydroxyl groups excluding tert-OH is 1. The average Bonchev–Trinajstić information content (AvgIpc) is 3.00. The van der Waals surface area contributed by atoms with Crippen molar-refractivity contribution in [1.29, 1.82) is 0 Å². The Morgan fingerprint density at radius 3 is 2.76 bits per heavy atom. The molecule has 0 aliphatic carbocycles. The third-order valence-electron chi connectivity index (χ3n) is 4.42. The standard InChI is InChI=1S/C19H19F2NO3/c1-25-15-4-2-3-13(9-15)18-10-14(23)11-22(18)19(24)8-12-5-6-16(20)17(21)7-12/h2-7,9,14,18,23H,8,10-11H2,1H3/t14-,18+/m0/s1. The molecule has 2 aromatic rings. The van der Waals surface area contributed by atoms with Crippen molar-refractivity contribution in [1.82, 2.24) is 4.90 Å². The van der Waals surface area contributed by atoms with Crippen LogP contribution in [0.15, 0.2) is 42.5 Å². The molecule has 6 heteroatoms. The van der Waals surface area contributed by atoms with Gasteiger partial charge in [-0.2, -0.15) is 0 Å². The van der Waals surface area contributed by atoms with Gasteiger partial charge in [-0.05, 0) is 41.8 Å². The summed E-state index contributed by atoms with van der Waals surface area (Å²) in [6, 6.07) is 10.5. The molecule has 0 aromatic heterocycles. The number of aliphatic hydroxyl groups is 1. The van der Waals surface area contributed by atoms with Crippen LogP contribution in [0.4, 0.5) is 8.78 Å². The van der Waals surface area contributed by atoms with Crippen LogP contribution >= 0.6 is 0 Å². The Hall–Kier alpha value is -2.47. The second-order valence-electron chi connectivity index (χ2n) is 6.15. The summed E-state index contributed by atoms with van der Waals surface area (Å²) in [5, 5.41) is 10.0. The predicted molar refractivity (Wildman–Crippen MR) is 88.1 cm³/mol. The van der Waals surface area contributed by atoms with Crippen molar-refractivity contribution >= 4 is 5.91 Å². The van der Waals surface area contributed by atoms with Crippen LogP contribution in [-0.2, 0) is 11.2 Å². The van der Waals surface area contributed by atoms with Crippen molar-refractivity contribution in [3.8, 4) is 5.75 Å². The SMILES string of the molecule is COc1cccc([C@H]2C[C@H](O)CN2C(=O)Cc2ccc(F)c(F)c2)c1. The lowest BCUT2D eigenvalue weighted by Crippen LogP contribution is -2.33. The second kappa shape index (κ2) is 7.19. The van der Waals surface area contributed by atoms with Gasteiger partial charge in [0, 0.05) is 6.54 Å². The first kappa shape index (κ1) is 17.4. The van der Waals surface area contributed by atoms with E-state index in [1.54, 1.807) is 12.0 Å². The fourth-order valence-corrected chi connectivity index (χ4v) is 3.18. The number of amides is 1. The minimum Gasteiger partial charge on any atom is -0.497 e. The molecule has 1 fully saturated rings. The first-order valence-corrected chi connectivity index (χ1v) is 8.03. The lowest BCUT2D eigenvalue weighted by atomic mass is 10.0. The van der Waals surface area contributed by atoms with Crippen molar-refractivity contribution in [2.24, 2.45) is 0 Å². The molecule has 1 amide bonds. The van der Waals surface area contributed by atoms with E-state index in [2.05, 4.69) is 0 Å². The van der Waals surface area contributed by atoms with E-state index in [1.165, 1.54) is 6.07 Å². The Bertz CT molecular complexity index is 781. The van der Waals surface area contributed by atoms with Gasteiger partial charge in [-0.3, -0.25) is 4.79 Å². The third-order valence-corrected chi connectivity index (χ3v) is 4.42. The number of hydrogen-bond acceptors (Lipinski definition) is 3. The number of benzene rings is 2. The Morgan fingerprint density at radius 1 is 1.24 bits per heavy atom. The van der Waals surface area contributed by atoms with E-state index in [0.717, 1.165) is 17.7 Å². The van der Waals surface area contributed by atoms with Gasteiger partial charge in [-0.15, -0.1) is 0 Å². The number of β-amino-alcohol motifs (C(OH)–C–C–N with tert-alkyl or cyclic N) is 1. The third kappa shape index (κ3) is 3.79. The van der Waals surface area contributed by atoms with Gasteiger partial charge >= 0.3 is 0 Å². The summed E-state index contributed by atoms with van der Waals surface area (Å²) in [5.74, 6) is -1.49. The maximum atomic E-state index is 13.3. The van der Waals surface area contributed by atoms with Crippen molar-refractivity contribution in [3.05, 3.63) is 65.2 Å². The van der Waals surface area contributed by atoms with E-state index in [1.807, 2.05) is 24.3 Å². The van der Waals surface area contributed by atoms with Crippen molar-refractivity contribution in [2.45, 2.75) is 25.0 Å². The number of likely N-dealkylation sites (tertiary alicyclic amines) is 1. The van der Waals surface area contributed by atoms with Crippen LogP contribution in [0.5, 0.6) is 5.75 Å². The zero-order valence-corrected chi connectivity index (χ0v) is 13.8. The van der Waals surface area contributed by atoms with Gasteiger partial charge in [-0.25, -0.2) is 8.78 Å². The van der Waals surface area contributed by atoms with Crippen LogP contribution in [0.3, 0.4) is 0 Å². The largest absolute Gasteiger partial charge is 0.497 e. The summed E-state index contributed by atoms with van der Waals surface area (Å²) in [7, 11) is 1.56. The number of rotatable bonds is 4. The van der Waals surface area contributed by atoms with Gasteiger partial charge in [0.05, 0.1) is 25.7 Å². The minimum absolute atomic E-state index is 0.0512. The van der Waals surface area contributed by atoms with Crippen molar-refractivity contribution in [3.63, 3.8) is 0 Å². The molecule has 1 N–H and O–H groups in total. The Balaban J connectivity index is 1.80. The minimum atomic E-state index is -0.976.